The standard InChI is InChI=1S/C9H14ClN5S/c1-6-5-15(3-4-16-6)9-13-7(10)12-8(11-2)14-9/h6H,3-5H2,1-2H3,(H,11,12,13,14). The smallest absolute Gasteiger partial charge is 0.231 e. The number of hydrogen-bond acceptors (Lipinski definition) is 6. The van der Waals surface area contributed by atoms with Crippen LogP contribution in [0.5, 0.6) is 0 Å². The summed E-state index contributed by atoms with van der Waals surface area (Å²) in [7, 11) is 1.77. The molecule has 2 heterocycles. The Morgan fingerprint density at radius 2 is 2.25 bits per heavy atom. The van der Waals surface area contributed by atoms with Crippen LogP contribution in [0.25, 0.3) is 0 Å². The molecule has 7 heteroatoms. The fourth-order valence-electron chi connectivity index (χ4n) is 1.59. The van der Waals surface area contributed by atoms with E-state index < -0.39 is 0 Å². The summed E-state index contributed by atoms with van der Waals surface area (Å²) in [5.41, 5.74) is 0. The molecule has 1 N–H and O–H groups in total. The zero-order valence-electron chi connectivity index (χ0n) is 9.27. The maximum absolute atomic E-state index is 5.85. The molecule has 0 radical (unpaired) electrons. The van der Waals surface area contributed by atoms with Gasteiger partial charge in [-0.05, 0) is 11.6 Å². The number of halogens is 1. The molecule has 0 aliphatic carbocycles. The molecule has 88 valence electrons. The third kappa shape index (κ3) is 2.68. The number of aromatic nitrogens is 3. The molecule has 1 fully saturated rings. The normalized spacial score (nSPS) is 20.9. The van der Waals surface area contributed by atoms with E-state index in [4.69, 9.17) is 11.6 Å². The molecule has 0 bridgehead atoms. The Morgan fingerprint density at radius 1 is 1.44 bits per heavy atom. The molecule has 0 aromatic carbocycles. The van der Waals surface area contributed by atoms with Crippen LogP contribution in [0.3, 0.4) is 0 Å². The lowest BCUT2D eigenvalue weighted by Gasteiger charge is -2.30. The van der Waals surface area contributed by atoms with E-state index in [-0.39, 0.29) is 5.28 Å². The average molecular weight is 260 g/mol. The summed E-state index contributed by atoms with van der Waals surface area (Å²) in [5.74, 6) is 2.27. The Kier molecular flexibility index (Phi) is 3.70. The quantitative estimate of drug-likeness (QED) is 0.869. The number of hydrogen-bond donors (Lipinski definition) is 1. The van der Waals surface area contributed by atoms with Crippen molar-refractivity contribution in [2.45, 2.75) is 12.2 Å². The molecule has 1 saturated heterocycles. The zero-order chi connectivity index (χ0) is 11.5. The van der Waals surface area contributed by atoms with Crippen LogP contribution < -0.4 is 10.2 Å². The SMILES string of the molecule is CNc1nc(Cl)nc(N2CCSC(C)C2)n1. The molecule has 0 spiro atoms. The Balaban J connectivity index is 2.21. The highest BCUT2D eigenvalue weighted by Crippen LogP contribution is 2.22. The van der Waals surface area contributed by atoms with Gasteiger partial charge in [-0.25, -0.2) is 0 Å². The minimum absolute atomic E-state index is 0.236. The van der Waals surface area contributed by atoms with Gasteiger partial charge in [0.25, 0.3) is 0 Å². The minimum atomic E-state index is 0.236. The van der Waals surface area contributed by atoms with Gasteiger partial charge in [-0.3, -0.25) is 0 Å². The van der Waals surface area contributed by atoms with Crippen molar-refractivity contribution in [2.24, 2.45) is 0 Å². The molecule has 16 heavy (non-hydrogen) atoms. The number of anilines is 2. The van der Waals surface area contributed by atoms with Crippen LogP contribution in [0.1, 0.15) is 6.92 Å². The molecule has 1 aliphatic heterocycles. The van der Waals surface area contributed by atoms with E-state index in [2.05, 4.69) is 32.1 Å². The van der Waals surface area contributed by atoms with Crippen molar-refractivity contribution in [2.75, 3.05) is 36.1 Å². The maximum atomic E-state index is 5.85. The number of nitrogens with zero attached hydrogens (tertiary/aromatic N) is 4. The van der Waals surface area contributed by atoms with Crippen LogP contribution in [0.15, 0.2) is 0 Å². The van der Waals surface area contributed by atoms with E-state index in [9.17, 15) is 0 Å². The minimum Gasteiger partial charge on any atom is -0.357 e. The van der Waals surface area contributed by atoms with E-state index >= 15 is 0 Å². The van der Waals surface area contributed by atoms with Crippen molar-refractivity contribution in [3.8, 4) is 0 Å². The number of nitrogens with one attached hydrogen (secondary N) is 1. The van der Waals surface area contributed by atoms with E-state index in [1.165, 1.54) is 0 Å². The van der Waals surface area contributed by atoms with Gasteiger partial charge in [0.1, 0.15) is 0 Å². The summed E-state index contributed by atoms with van der Waals surface area (Å²) >= 11 is 7.82. The van der Waals surface area contributed by atoms with Crippen molar-refractivity contribution >= 4 is 35.3 Å². The Morgan fingerprint density at radius 3 is 2.94 bits per heavy atom. The van der Waals surface area contributed by atoms with Gasteiger partial charge in [0.2, 0.25) is 17.2 Å². The van der Waals surface area contributed by atoms with Crippen molar-refractivity contribution in [1.82, 2.24) is 15.0 Å². The molecule has 2 rings (SSSR count). The summed E-state index contributed by atoms with van der Waals surface area (Å²) in [4.78, 5) is 14.6. The molecule has 1 aromatic rings. The first-order valence-electron chi connectivity index (χ1n) is 5.15. The van der Waals surface area contributed by atoms with Gasteiger partial charge >= 0.3 is 0 Å². The van der Waals surface area contributed by atoms with E-state index in [0.717, 1.165) is 18.8 Å². The third-order valence-electron chi connectivity index (χ3n) is 2.34. The summed E-state index contributed by atoms with van der Waals surface area (Å²) in [6.07, 6.45) is 0. The van der Waals surface area contributed by atoms with Crippen LogP contribution in [-0.2, 0) is 0 Å². The largest absolute Gasteiger partial charge is 0.357 e. The summed E-state index contributed by atoms with van der Waals surface area (Å²) in [6.45, 7) is 4.12. The van der Waals surface area contributed by atoms with Crippen LogP contribution in [-0.4, -0.2) is 46.1 Å². The number of thioether (sulfide) groups is 1. The number of rotatable bonds is 2. The van der Waals surface area contributed by atoms with Gasteiger partial charge in [0.05, 0.1) is 0 Å². The van der Waals surface area contributed by atoms with Gasteiger partial charge in [0.15, 0.2) is 0 Å². The van der Waals surface area contributed by atoms with E-state index in [1.807, 2.05) is 11.8 Å². The Hall–Kier alpha value is -0.750. The lowest BCUT2D eigenvalue weighted by atomic mass is 10.4. The van der Waals surface area contributed by atoms with Crippen LogP contribution in [0.2, 0.25) is 5.28 Å². The van der Waals surface area contributed by atoms with Gasteiger partial charge in [-0.2, -0.15) is 26.7 Å². The van der Waals surface area contributed by atoms with Crippen molar-refractivity contribution in [3.63, 3.8) is 0 Å². The van der Waals surface area contributed by atoms with E-state index in [0.29, 0.717) is 17.1 Å². The second-order valence-corrected chi connectivity index (χ2v) is 5.49. The molecule has 5 nitrogen and oxygen atoms in total. The second-order valence-electron chi connectivity index (χ2n) is 3.61. The molecule has 1 atom stereocenters. The van der Waals surface area contributed by atoms with Gasteiger partial charge in [-0.15, -0.1) is 0 Å². The summed E-state index contributed by atoms with van der Waals surface area (Å²) < 4.78 is 0. The molecular weight excluding hydrogens is 246 g/mol. The van der Waals surface area contributed by atoms with Gasteiger partial charge in [0, 0.05) is 31.1 Å². The van der Waals surface area contributed by atoms with Crippen LogP contribution in [0, 0.1) is 0 Å². The topological polar surface area (TPSA) is 53.9 Å². The summed E-state index contributed by atoms with van der Waals surface area (Å²) in [6, 6.07) is 0. The highest BCUT2D eigenvalue weighted by Gasteiger charge is 2.20. The van der Waals surface area contributed by atoms with Crippen molar-refractivity contribution in [3.05, 3.63) is 5.28 Å². The first kappa shape index (κ1) is 11.7. The average Bonchev–Trinajstić information content (AvgIpc) is 2.28. The van der Waals surface area contributed by atoms with Crippen LogP contribution >= 0.6 is 23.4 Å². The fraction of sp³-hybridized carbons (Fsp3) is 0.667. The van der Waals surface area contributed by atoms with Crippen molar-refractivity contribution < 1.29 is 0 Å². The molecule has 0 amide bonds. The monoisotopic (exact) mass is 259 g/mol. The maximum Gasteiger partial charge on any atom is 0.231 e. The fourth-order valence-corrected chi connectivity index (χ4v) is 2.76. The first-order valence-corrected chi connectivity index (χ1v) is 6.57. The van der Waals surface area contributed by atoms with Gasteiger partial charge < -0.3 is 10.2 Å². The van der Waals surface area contributed by atoms with Crippen molar-refractivity contribution in [1.29, 1.82) is 0 Å². The summed E-state index contributed by atoms with van der Waals surface area (Å²) in [5, 5.41) is 3.72. The zero-order valence-corrected chi connectivity index (χ0v) is 10.8. The van der Waals surface area contributed by atoms with Gasteiger partial charge in [-0.1, -0.05) is 6.92 Å². The van der Waals surface area contributed by atoms with Crippen LogP contribution in [0.4, 0.5) is 11.9 Å². The van der Waals surface area contributed by atoms with E-state index in [1.54, 1.807) is 7.05 Å². The Labute approximate surface area is 104 Å². The highest BCUT2D eigenvalue weighted by molar-refractivity contribution is 8.00. The Bertz CT molecular complexity index is 375. The third-order valence-corrected chi connectivity index (χ3v) is 3.65. The highest BCUT2D eigenvalue weighted by atomic mass is 35.5. The predicted octanol–water partition coefficient (Wildman–Crippen LogP) is 1.51. The lowest BCUT2D eigenvalue weighted by Crippen LogP contribution is -2.37. The first-order chi connectivity index (χ1) is 7.69. The molecule has 1 unspecified atom stereocenters. The predicted molar refractivity (Wildman–Crippen MR) is 68.5 cm³/mol. The lowest BCUT2D eigenvalue weighted by molar-refractivity contribution is 0.750. The molecular formula is C9H14ClN5S. The molecule has 0 saturated carbocycles. The molecule has 1 aromatic heterocycles. The second kappa shape index (κ2) is 5.05. The molecule has 1 aliphatic rings.